The highest BCUT2D eigenvalue weighted by molar-refractivity contribution is 6.32. The number of hydrogen-bond acceptors (Lipinski definition) is 6. The number of nitro benzene ring substituents is 1. The Bertz CT molecular complexity index is 1270. The molecule has 0 aliphatic rings. The number of aromatic nitrogens is 3. The first kappa shape index (κ1) is 20.2. The Morgan fingerprint density at radius 1 is 1.00 bits per heavy atom. The first-order valence-corrected chi connectivity index (χ1v) is 9.66. The highest BCUT2D eigenvalue weighted by Crippen LogP contribution is 2.21. The maximum atomic E-state index is 12.6. The van der Waals surface area contributed by atoms with Gasteiger partial charge in [0.2, 0.25) is 0 Å². The van der Waals surface area contributed by atoms with E-state index in [1.165, 1.54) is 30.5 Å². The zero-order chi connectivity index (χ0) is 21.8. The number of nitrogens with zero attached hydrogens (tertiary/aromatic N) is 4. The van der Waals surface area contributed by atoms with Gasteiger partial charge in [-0.1, -0.05) is 41.9 Å². The summed E-state index contributed by atoms with van der Waals surface area (Å²) < 4.78 is 1.10. The maximum absolute atomic E-state index is 12.6. The van der Waals surface area contributed by atoms with Crippen molar-refractivity contribution < 1.29 is 4.92 Å². The molecule has 0 atom stereocenters. The van der Waals surface area contributed by atoms with Crippen LogP contribution in [0.3, 0.4) is 0 Å². The average molecular weight is 434 g/mol. The van der Waals surface area contributed by atoms with Crippen LogP contribution in [0.2, 0.25) is 5.02 Å². The highest BCUT2D eigenvalue weighted by atomic mass is 35.5. The molecule has 154 valence electrons. The quantitative estimate of drug-likeness (QED) is 0.355. The van der Waals surface area contributed by atoms with Gasteiger partial charge in [-0.15, -0.1) is 0 Å². The molecule has 0 saturated carbocycles. The van der Waals surface area contributed by atoms with E-state index in [0.717, 1.165) is 21.4 Å². The number of hydrogen-bond donors (Lipinski definition) is 1. The van der Waals surface area contributed by atoms with E-state index in [-0.39, 0.29) is 10.7 Å². The van der Waals surface area contributed by atoms with Crippen LogP contribution in [0.5, 0.6) is 0 Å². The van der Waals surface area contributed by atoms with Gasteiger partial charge in [0.25, 0.3) is 11.2 Å². The zero-order valence-electron chi connectivity index (χ0n) is 16.1. The van der Waals surface area contributed by atoms with Crippen molar-refractivity contribution in [3.63, 3.8) is 0 Å². The molecule has 1 N–H and O–H groups in total. The third kappa shape index (κ3) is 4.44. The Hall–Kier alpha value is -4.04. The molecule has 31 heavy (non-hydrogen) atoms. The molecular weight excluding hydrogens is 418 g/mol. The Balaban J connectivity index is 1.49. The topological polar surface area (TPSA) is 103 Å². The van der Waals surface area contributed by atoms with Gasteiger partial charge in [-0.25, -0.2) is 0 Å². The summed E-state index contributed by atoms with van der Waals surface area (Å²) in [5.74, 6) is 0. The standard InChI is InChI=1S/C22H16ClN5O3/c23-21-20(14-26-27(22(21)29)18-7-9-19(10-8-18)28(30)31)25-12-15-3-5-16(6-4-15)17-2-1-11-24-13-17/h1-11,13-14,25H,12H2. The number of nitro groups is 1. The Morgan fingerprint density at radius 2 is 1.74 bits per heavy atom. The minimum absolute atomic E-state index is 0.0136. The molecule has 0 bridgehead atoms. The molecule has 8 nitrogen and oxygen atoms in total. The van der Waals surface area contributed by atoms with Crippen molar-refractivity contribution >= 4 is 23.0 Å². The first-order chi connectivity index (χ1) is 15.0. The van der Waals surface area contributed by atoms with Crippen molar-refractivity contribution in [3.8, 4) is 16.8 Å². The number of benzene rings is 2. The largest absolute Gasteiger partial charge is 0.378 e. The van der Waals surface area contributed by atoms with Crippen molar-refractivity contribution in [1.29, 1.82) is 0 Å². The fraction of sp³-hybridized carbons (Fsp3) is 0.0455. The predicted octanol–water partition coefficient (Wildman–Crippen LogP) is 4.47. The molecule has 0 aliphatic carbocycles. The molecule has 0 unspecified atom stereocenters. The molecule has 0 spiro atoms. The van der Waals surface area contributed by atoms with Gasteiger partial charge in [-0.05, 0) is 34.9 Å². The summed E-state index contributed by atoms with van der Waals surface area (Å²) in [6.45, 7) is 0.454. The second kappa shape index (κ2) is 8.76. The van der Waals surface area contributed by atoms with Crippen molar-refractivity contribution in [2.24, 2.45) is 0 Å². The zero-order valence-corrected chi connectivity index (χ0v) is 16.9. The van der Waals surface area contributed by atoms with Crippen LogP contribution in [0.1, 0.15) is 5.56 Å². The lowest BCUT2D eigenvalue weighted by Gasteiger charge is -2.11. The van der Waals surface area contributed by atoms with Crippen LogP contribution < -0.4 is 10.9 Å². The fourth-order valence-electron chi connectivity index (χ4n) is 3.00. The van der Waals surface area contributed by atoms with Gasteiger partial charge in [-0.3, -0.25) is 19.9 Å². The average Bonchev–Trinajstić information content (AvgIpc) is 2.81. The number of non-ortho nitro benzene ring substituents is 1. The van der Waals surface area contributed by atoms with E-state index in [0.29, 0.717) is 17.9 Å². The van der Waals surface area contributed by atoms with Crippen molar-refractivity contribution in [2.75, 3.05) is 5.32 Å². The third-order valence-electron chi connectivity index (χ3n) is 4.66. The van der Waals surface area contributed by atoms with Gasteiger partial charge in [0.15, 0.2) is 0 Å². The number of rotatable bonds is 6. The normalized spacial score (nSPS) is 10.6. The minimum atomic E-state index is -0.521. The van der Waals surface area contributed by atoms with Gasteiger partial charge in [0.05, 0.1) is 22.5 Å². The van der Waals surface area contributed by atoms with Crippen molar-refractivity contribution in [1.82, 2.24) is 14.8 Å². The summed E-state index contributed by atoms with van der Waals surface area (Å²) in [7, 11) is 0. The molecule has 0 radical (unpaired) electrons. The number of nitrogens with one attached hydrogen (secondary N) is 1. The highest BCUT2D eigenvalue weighted by Gasteiger charge is 2.12. The van der Waals surface area contributed by atoms with E-state index in [2.05, 4.69) is 15.4 Å². The van der Waals surface area contributed by atoms with Crippen LogP contribution in [-0.2, 0) is 6.54 Å². The van der Waals surface area contributed by atoms with E-state index >= 15 is 0 Å². The van der Waals surface area contributed by atoms with E-state index in [9.17, 15) is 14.9 Å². The van der Waals surface area contributed by atoms with E-state index < -0.39 is 10.5 Å². The summed E-state index contributed by atoms with van der Waals surface area (Å²) in [5.41, 5.74) is 3.29. The second-order valence-corrected chi connectivity index (χ2v) is 7.03. The van der Waals surface area contributed by atoms with Gasteiger partial charge in [0.1, 0.15) is 5.02 Å². The molecule has 4 aromatic rings. The van der Waals surface area contributed by atoms with E-state index in [1.54, 1.807) is 12.4 Å². The predicted molar refractivity (Wildman–Crippen MR) is 118 cm³/mol. The Morgan fingerprint density at radius 3 is 2.39 bits per heavy atom. The van der Waals surface area contributed by atoms with Gasteiger partial charge in [0, 0.05) is 31.1 Å². The summed E-state index contributed by atoms with van der Waals surface area (Å²) in [5, 5.41) is 18.0. The van der Waals surface area contributed by atoms with Crippen LogP contribution in [0.4, 0.5) is 11.4 Å². The van der Waals surface area contributed by atoms with Crippen molar-refractivity contribution in [2.45, 2.75) is 6.54 Å². The van der Waals surface area contributed by atoms with Gasteiger partial charge < -0.3 is 5.32 Å². The van der Waals surface area contributed by atoms with Crippen LogP contribution in [0.15, 0.2) is 84.0 Å². The lowest BCUT2D eigenvalue weighted by molar-refractivity contribution is -0.384. The SMILES string of the molecule is O=c1c(Cl)c(NCc2ccc(-c3cccnc3)cc2)cnn1-c1ccc([N+](=O)[O-])cc1. The number of anilines is 1. The smallest absolute Gasteiger partial charge is 0.292 e. The lowest BCUT2D eigenvalue weighted by Crippen LogP contribution is -2.22. The maximum Gasteiger partial charge on any atom is 0.292 e. The molecular formula is C22H16ClN5O3. The minimum Gasteiger partial charge on any atom is -0.378 e. The summed E-state index contributed by atoms with van der Waals surface area (Å²) >= 11 is 6.25. The molecule has 4 rings (SSSR count). The molecule has 0 aliphatic heterocycles. The summed E-state index contributed by atoms with van der Waals surface area (Å²) in [6, 6.07) is 17.3. The Labute approximate surface area is 181 Å². The Kier molecular flexibility index (Phi) is 5.72. The van der Waals surface area contributed by atoms with Gasteiger partial charge in [-0.2, -0.15) is 9.78 Å². The van der Waals surface area contributed by atoms with E-state index in [4.69, 9.17) is 11.6 Å². The lowest BCUT2D eigenvalue weighted by atomic mass is 10.1. The molecule has 0 fully saturated rings. The fourth-order valence-corrected chi connectivity index (χ4v) is 3.20. The third-order valence-corrected chi connectivity index (χ3v) is 5.02. The van der Waals surface area contributed by atoms with Crippen molar-refractivity contribution in [3.05, 3.63) is 110 Å². The molecule has 0 amide bonds. The van der Waals surface area contributed by atoms with Crippen LogP contribution in [-0.4, -0.2) is 19.7 Å². The second-order valence-electron chi connectivity index (χ2n) is 6.65. The summed E-state index contributed by atoms with van der Waals surface area (Å²) in [4.78, 5) is 27.0. The molecule has 2 aromatic heterocycles. The number of pyridine rings is 1. The summed E-state index contributed by atoms with van der Waals surface area (Å²) in [6.07, 6.45) is 4.99. The molecule has 2 heterocycles. The monoisotopic (exact) mass is 433 g/mol. The molecule has 2 aromatic carbocycles. The van der Waals surface area contributed by atoms with Crippen LogP contribution in [0, 0.1) is 10.1 Å². The van der Waals surface area contributed by atoms with E-state index in [1.807, 2.05) is 36.4 Å². The first-order valence-electron chi connectivity index (χ1n) is 9.29. The van der Waals surface area contributed by atoms with Crippen LogP contribution >= 0.6 is 11.6 Å². The van der Waals surface area contributed by atoms with Gasteiger partial charge >= 0.3 is 0 Å². The number of halogens is 1. The molecule has 9 heteroatoms. The molecule has 0 saturated heterocycles. The van der Waals surface area contributed by atoms with Crippen LogP contribution in [0.25, 0.3) is 16.8 Å².